The molecule has 0 aliphatic rings. The van der Waals surface area contributed by atoms with Gasteiger partial charge in [-0.1, -0.05) is 25.1 Å². The number of ether oxygens (including phenoxy) is 1. The van der Waals surface area contributed by atoms with Crippen molar-refractivity contribution in [3.05, 3.63) is 53.6 Å². The van der Waals surface area contributed by atoms with E-state index in [1.807, 2.05) is 24.3 Å². The first-order valence-electron chi connectivity index (χ1n) is 6.48. The van der Waals surface area contributed by atoms with Gasteiger partial charge >= 0.3 is 0 Å². The van der Waals surface area contributed by atoms with Crippen LogP contribution >= 0.6 is 0 Å². The first-order chi connectivity index (χ1) is 9.65. The van der Waals surface area contributed by atoms with E-state index in [1.165, 1.54) is 12.7 Å². The first kappa shape index (κ1) is 13.9. The van der Waals surface area contributed by atoms with Gasteiger partial charge in [-0.2, -0.15) is 0 Å². The summed E-state index contributed by atoms with van der Waals surface area (Å²) in [6, 6.07) is 12.9. The smallest absolute Gasteiger partial charge is 0.257 e. The number of benzene rings is 2. The topological polar surface area (TPSA) is 64.3 Å². The summed E-state index contributed by atoms with van der Waals surface area (Å²) in [6.07, 6.45) is 0.922. The summed E-state index contributed by atoms with van der Waals surface area (Å²) in [5, 5.41) is 2.85. The lowest BCUT2D eigenvalue weighted by Crippen LogP contribution is -2.14. The van der Waals surface area contributed by atoms with Crippen LogP contribution in [0.5, 0.6) is 5.75 Å². The maximum Gasteiger partial charge on any atom is 0.257 e. The quantitative estimate of drug-likeness (QED) is 0.839. The standard InChI is InChI=1S/C16H18N2O2/c1-3-11-6-4-7-12(10-11)18-16(19)13-8-5-9-14(20-2)15(13)17/h4-10H,3,17H2,1-2H3,(H,18,19). The number of rotatable bonds is 4. The summed E-state index contributed by atoms with van der Waals surface area (Å²) in [7, 11) is 1.53. The van der Waals surface area contributed by atoms with Crippen molar-refractivity contribution in [2.75, 3.05) is 18.2 Å². The highest BCUT2D eigenvalue weighted by Crippen LogP contribution is 2.25. The molecule has 2 aromatic rings. The second-order valence-electron chi connectivity index (χ2n) is 4.43. The number of carbonyl (C=O) groups excluding carboxylic acids is 1. The molecule has 3 N–H and O–H groups in total. The fraction of sp³-hybridized carbons (Fsp3) is 0.188. The van der Waals surface area contributed by atoms with Crippen LogP contribution in [0.15, 0.2) is 42.5 Å². The van der Waals surface area contributed by atoms with E-state index in [-0.39, 0.29) is 5.91 Å². The Balaban J connectivity index is 2.24. The Morgan fingerprint density at radius 3 is 2.70 bits per heavy atom. The van der Waals surface area contributed by atoms with Gasteiger partial charge in [0.05, 0.1) is 18.4 Å². The molecule has 104 valence electrons. The number of para-hydroxylation sites is 1. The Kier molecular flexibility index (Phi) is 4.25. The molecule has 0 fully saturated rings. The SMILES string of the molecule is CCc1cccc(NC(=O)c2cccc(OC)c2N)c1. The number of nitrogens with one attached hydrogen (secondary N) is 1. The van der Waals surface area contributed by atoms with Crippen LogP contribution in [0.1, 0.15) is 22.8 Å². The van der Waals surface area contributed by atoms with Crippen molar-refractivity contribution in [2.24, 2.45) is 0 Å². The first-order valence-corrected chi connectivity index (χ1v) is 6.48. The Hall–Kier alpha value is -2.49. The molecule has 0 radical (unpaired) electrons. The Morgan fingerprint density at radius 1 is 1.25 bits per heavy atom. The molecular weight excluding hydrogens is 252 g/mol. The number of methoxy groups -OCH3 is 1. The van der Waals surface area contributed by atoms with Crippen LogP contribution in [0.25, 0.3) is 0 Å². The van der Waals surface area contributed by atoms with Crippen molar-refractivity contribution in [2.45, 2.75) is 13.3 Å². The zero-order valence-electron chi connectivity index (χ0n) is 11.6. The third-order valence-electron chi connectivity index (χ3n) is 3.12. The zero-order chi connectivity index (χ0) is 14.5. The maximum absolute atomic E-state index is 12.3. The predicted octanol–water partition coefficient (Wildman–Crippen LogP) is 3.09. The molecule has 20 heavy (non-hydrogen) atoms. The van der Waals surface area contributed by atoms with Gasteiger partial charge < -0.3 is 15.8 Å². The molecular formula is C16H18N2O2. The number of hydrogen-bond acceptors (Lipinski definition) is 3. The molecule has 0 saturated heterocycles. The molecule has 0 unspecified atom stereocenters. The van der Waals surface area contributed by atoms with Gasteiger partial charge in [-0.25, -0.2) is 0 Å². The van der Waals surface area contributed by atoms with E-state index < -0.39 is 0 Å². The van der Waals surface area contributed by atoms with E-state index in [4.69, 9.17) is 10.5 Å². The number of amides is 1. The van der Waals surface area contributed by atoms with Crippen molar-refractivity contribution in [1.29, 1.82) is 0 Å². The molecule has 0 spiro atoms. The predicted molar refractivity (Wildman–Crippen MR) is 81.2 cm³/mol. The summed E-state index contributed by atoms with van der Waals surface area (Å²) in [4.78, 5) is 12.3. The minimum atomic E-state index is -0.241. The Morgan fingerprint density at radius 2 is 2.00 bits per heavy atom. The van der Waals surface area contributed by atoms with E-state index >= 15 is 0 Å². The molecule has 2 rings (SSSR count). The van der Waals surface area contributed by atoms with Crippen LogP contribution < -0.4 is 15.8 Å². The van der Waals surface area contributed by atoms with E-state index in [0.717, 1.165) is 12.1 Å². The molecule has 0 saturated carbocycles. The number of nitrogens with two attached hydrogens (primary N) is 1. The second-order valence-corrected chi connectivity index (χ2v) is 4.43. The summed E-state index contributed by atoms with van der Waals surface area (Å²) < 4.78 is 5.12. The Bertz CT molecular complexity index is 624. The molecule has 1 amide bonds. The minimum absolute atomic E-state index is 0.241. The van der Waals surface area contributed by atoms with Crippen molar-refractivity contribution in [3.8, 4) is 5.75 Å². The van der Waals surface area contributed by atoms with Crippen molar-refractivity contribution < 1.29 is 9.53 Å². The lowest BCUT2D eigenvalue weighted by molar-refractivity contribution is 0.102. The number of anilines is 2. The molecule has 0 aliphatic heterocycles. The van der Waals surface area contributed by atoms with Crippen LogP contribution in [0.3, 0.4) is 0 Å². The van der Waals surface area contributed by atoms with Crippen molar-refractivity contribution >= 4 is 17.3 Å². The zero-order valence-corrected chi connectivity index (χ0v) is 11.6. The van der Waals surface area contributed by atoms with E-state index in [9.17, 15) is 4.79 Å². The maximum atomic E-state index is 12.3. The van der Waals surface area contributed by atoms with Crippen LogP contribution in [-0.4, -0.2) is 13.0 Å². The molecule has 4 heteroatoms. The highest BCUT2D eigenvalue weighted by atomic mass is 16.5. The van der Waals surface area contributed by atoms with Crippen LogP contribution in [0.2, 0.25) is 0 Å². The van der Waals surface area contributed by atoms with Gasteiger partial charge in [0, 0.05) is 5.69 Å². The third kappa shape index (κ3) is 2.91. The Labute approximate surface area is 118 Å². The monoisotopic (exact) mass is 270 g/mol. The molecule has 2 aromatic carbocycles. The highest BCUT2D eigenvalue weighted by molar-refractivity contribution is 6.08. The summed E-state index contributed by atoms with van der Waals surface area (Å²) >= 11 is 0. The van der Waals surface area contributed by atoms with Gasteiger partial charge in [0.25, 0.3) is 5.91 Å². The van der Waals surface area contributed by atoms with Crippen molar-refractivity contribution in [1.82, 2.24) is 0 Å². The second kappa shape index (κ2) is 6.10. The third-order valence-corrected chi connectivity index (χ3v) is 3.12. The molecule has 0 aliphatic carbocycles. The molecule has 0 heterocycles. The van der Waals surface area contributed by atoms with Gasteiger partial charge in [0.2, 0.25) is 0 Å². The van der Waals surface area contributed by atoms with Crippen LogP contribution in [0, 0.1) is 0 Å². The minimum Gasteiger partial charge on any atom is -0.495 e. The molecule has 4 nitrogen and oxygen atoms in total. The van der Waals surface area contributed by atoms with E-state index in [0.29, 0.717) is 17.0 Å². The normalized spacial score (nSPS) is 10.1. The van der Waals surface area contributed by atoms with Gasteiger partial charge in [-0.05, 0) is 36.2 Å². The summed E-state index contributed by atoms with van der Waals surface area (Å²) in [5.74, 6) is 0.259. The molecule has 0 bridgehead atoms. The number of hydrogen-bond donors (Lipinski definition) is 2. The fourth-order valence-corrected chi connectivity index (χ4v) is 1.99. The van der Waals surface area contributed by atoms with Gasteiger partial charge in [0.1, 0.15) is 5.75 Å². The van der Waals surface area contributed by atoms with Crippen LogP contribution in [-0.2, 0) is 6.42 Å². The lowest BCUT2D eigenvalue weighted by Gasteiger charge is -2.11. The fourth-order valence-electron chi connectivity index (χ4n) is 1.99. The van der Waals surface area contributed by atoms with E-state index in [1.54, 1.807) is 18.2 Å². The molecule has 0 atom stereocenters. The number of nitrogen functional groups attached to an aromatic ring is 1. The van der Waals surface area contributed by atoms with Gasteiger partial charge in [0.15, 0.2) is 0 Å². The average molecular weight is 270 g/mol. The van der Waals surface area contributed by atoms with E-state index in [2.05, 4.69) is 12.2 Å². The average Bonchev–Trinajstić information content (AvgIpc) is 2.47. The lowest BCUT2D eigenvalue weighted by atomic mass is 10.1. The number of carbonyl (C=O) groups is 1. The largest absolute Gasteiger partial charge is 0.495 e. The van der Waals surface area contributed by atoms with Crippen molar-refractivity contribution in [3.63, 3.8) is 0 Å². The summed E-state index contributed by atoms with van der Waals surface area (Å²) in [5.41, 5.74) is 8.60. The van der Waals surface area contributed by atoms with Gasteiger partial charge in [-0.15, -0.1) is 0 Å². The summed E-state index contributed by atoms with van der Waals surface area (Å²) in [6.45, 7) is 2.07. The van der Waals surface area contributed by atoms with Crippen LogP contribution in [0.4, 0.5) is 11.4 Å². The highest BCUT2D eigenvalue weighted by Gasteiger charge is 2.13. The molecule has 0 aromatic heterocycles. The van der Waals surface area contributed by atoms with Gasteiger partial charge in [-0.3, -0.25) is 4.79 Å². The number of aryl methyl sites for hydroxylation is 1.